The number of ether oxygens (including phenoxy) is 4. The number of anilines is 2. The topological polar surface area (TPSA) is 288 Å². The van der Waals surface area contributed by atoms with Crippen LogP contribution < -0.4 is 29.6 Å². The zero-order chi connectivity index (χ0) is 49.7. The lowest BCUT2D eigenvalue weighted by atomic mass is 10.0. The Bertz CT molecular complexity index is 2980. The van der Waals surface area contributed by atoms with Gasteiger partial charge in [0.2, 0.25) is 11.8 Å². The Morgan fingerprint density at radius 1 is 0.657 bits per heavy atom. The molecular weight excluding hydrogens is 938 g/mol. The van der Waals surface area contributed by atoms with Crippen LogP contribution in [0.5, 0.6) is 23.3 Å². The molecule has 0 spiro atoms. The van der Waals surface area contributed by atoms with Crippen LogP contribution in [0.4, 0.5) is 11.4 Å². The summed E-state index contributed by atoms with van der Waals surface area (Å²) in [7, 11) is -4.58. The molecule has 2 aromatic carbocycles. The zero-order valence-corrected chi connectivity index (χ0v) is 39.6. The van der Waals surface area contributed by atoms with Crippen LogP contribution in [0.1, 0.15) is 98.2 Å². The van der Waals surface area contributed by atoms with Crippen LogP contribution in [0.15, 0.2) is 48.5 Å². The quantitative estimate of drug-likeness (QED) is 0.149. The van der Waals surface area contributed by atoms with E-state index in [2.05, 4.69) is 20.6 Å². The number of nitriles is 1. The van der Waals surface area contributed by atoms with Gasteiger partial charge in [-0.15, -0.1) is 0 Å². The smallest absolute Gasteiger partial charge is 0.264 e. The maximum Gasteiger partial charge on any atom is 0.264 e. The van der Waals surface area contributed by atoms with E-state index in [1.54, 1.807) is 13.8 Å². The Hall–Kier alpha value is -7.16. The summed E-state index contributed by atoms with van der Waals surface area (Å²) in [6, 6.07) is 10.6. The molecule has 0 saturated carbocycles. The van der Waals surface area contributed by atoms with Crippen molar-refractivity contribution in [3.05, 3.63) is 92.8 Å². The highest BCUT2D eigenvalue weighted by Crippen LogP contribution is 2.41. The number of sulfone groups is 2. The Morgan fingerprint density at radius 2 is 1.04 bits per heavy atom. The van der Waals surface area contributed by atoms with Crippen LogP contribution in [0, 0.1) is 11.3 Å². The molecule has 2 aliphatic rings. The normalized spacial score (nSPS) is 14.0. The predicted octanol–water partition coefficient (Wildman–Crippen LogP) is 4.18. The number of imide groups is 2. The number of fused-ring (bicyclic) bond motifs is 2. The molecule has 24 heteroatoms. The van der Waals surface area contributed by atoms with Crippen molar-refractivity contribution in [2.24, 2.45) is 0 Å². The SMILES string of the molecule is CCOc1nc(C(CS(C)(=O)=O)N2C(=O)c3c(C#N)ccc(NC(C)=O)c3C2=O)ccc1OC.CCOc1nc(C(CS(C)(=O)=O)N2C(=O)c3c(Cl)ccc(NC(C)=O)c3C2=O)ccc1OC. The summed E-state index contributed by atoms with van der Waals surface area (Å²) in [5.74, 6) is -4.74. The average Bonchev–Trinajstić information content (AvgIpc) is 3.67. The molecule has 4 heterocycles. The van der Waals surface area contributed by atoms with Crippen LogP contribution in [0.3, 0.4) is 0 Å². The van der Waals surface area contributed by atoms with Gasteiger partial charge in [0, 0.05) is 26.4 Å². The van der Waals surface area contributed by atoms with Gasteiger partial charge in [-0.2, -0.15) is 5.26 Å². The summed E-state index contributed by atoms with van der Waals surface area (Å²) >= 11 is 6.21. The number of nitrogens with zero attached hydrogens (tertiary/aromatic N) is 5. The largest absolute Gasteiger partial charge is 0.491 e. The van der Waals surface area contributed by atoms with E-state index in [-0.39, 0.29) is 86.3 Å². The van der Waals surface area contributed by atoms with Gasteiger partial charge in [0.05, 0.1) is 113 Å². The molecule has 0 fully saturated rings. The van der Waals surface area contributed by atoms with Gasteiger partial charge in [-0.25, -0.2) is 26.8 Å². The molecule has 0 aliphatic carbocycles. The Morgan fingerprint density at radius 3 is 1.42 bits per heavy atom. The van der Waals surface area contributed by atoms with Gasteiger partial charge in [0.15, 0.2) is 11.5 Å². The number of carbonyl (C=O) groups excluding carboxylic acids is 6. The highest BCUT2D eigenvalue weighted by atomic mass is 35.5. The van der Waals surface area contributed by atoms with Crippen LogP contribution in [0.2, 0.25) is 5.02 Å². The molecule has 4 aromatic rings. The summed E-state index contributed by atoms with van der Waals surface area (Å²) in [6.45, 7) is 6.43. The second-order valence-electron chi connectivity index (χ2n) is 14.8. The van der Waals surface area contributed by atoms with E-state index >= 15 is 0 Å². The molecule has 2 unspecified atom stereocenters. The monoisotopic (exact) mass is 981 g/mol. The standard InChI is InChI=1S/C22H22N4O7S.C21H22ClN3O7S/c1-5-33-20-17(32-3)9-8-14(25-20)16(11-34(4,30)31)26-21(28)18-13(10-23)6-7-15(24-12(2)27)19(18)22(26)29;1-5-32-19-16(31-3)9-8-13(24-19)15(10-33(4,29)30)25-20(27)17-12(22)6-7-14(23-11(2)26)18(17)21(25)28/h6-9,16H,5,11H2,1-4H3,(H,24,27);6-9,15H,5,10H2,1-4H3,(H,23,26). The van der Waals surface area contributed by atoms with E-state index < -0.39 is 78.7 Å². The molecule has 2 N–H and O–H groups in total. The van der Waals surface area contributed by atoms with Gasteiger partial charge in [-0.05, 0) is 62.4 Å². The van der Waals surface area contributed by atoms with Gasteiger partial charge in [-0.3, -0.25) is 38.6 Å². The minimum absolute atomic E-state index is 0.00393. The van der Waals surface area contributed by atoms with Gasteiger partial charge in [-0.1, -0.05) is 11.6 Å². The van der Waals surface area contributed by atoms with Crippen LogP contribution in [0.25, 0.3) is 0 Å². The first-order chi connectivity index (χ1) is 31.5. The third-order valence-corrected chi connectivity index (χ3v) is 11.9. The van der Waals surface area contributed by atoms with Gasteiger partial charge < -0.3 is 29.6 Å². The van der Waals surface area contributed by atoms with E-state index in [0.717, 1.165) is 22.3 Å². The number of pyridine rings is 2. The molecule has 21 nitrogen and oxygen atoms in total. The number of hydrogen-bond acceptors (Lipinski definition) is 17. The molecule has 0 bridgehead atoms. The summed E-state index contributed by atoms with van der Waals surface area (Å²) < 4.78 is 70.4. The summed E-state index contributed by atoms with van der Waals surface area (Å²) in [6.07, 6.45) is 1.95. The number of benzene rings is 2. The second kappa shape index (κ2) is 20.6. The molecule has 354 valence electrons. The van der Waals surface area contributed by atoms with Crippen molar-refractivity contribution < 1.29 is 64.6 Å². The minimum Gasteiger partial charge on any atom is -0.491 e. The molecule has 6 rings (SSSR count). The first-order valence-corrected chi connectivity index (χ1v) is 24.4. The number of amides is 6. The molecule has 0 radical (unpaired) electrons. The summed E-state index contributed by atoms with van der Waals surface area (Å²) in [5.41, 5.74) is -0.394. The third kappa shape index (κ3) is 11.1. The van der Waals surface area contributed by atoms with Crippen molar-refractivity contribution in [3.63, 3.8) is 0 Å². The fourth-order valence-corrected chi connectivity index (χ4v) is 9.20. The van der Waals surface area contributed by atoms with Crippen LogP contribution >= 0.6 is 11.6 Å². The first-order valence-electron chi connectivity index (χ1n) is 19.9. The number of rotatable bonds is 16. The second-order valence-corrected chi connectivity index (χ2v) is 19.5. The molecule has 67 heavy (non-hydrogen) atoms. The van der Waals surface area contributed by atoms with Gasteiger partial charge in [0.25, 0.3) is 35.4 Å². The van der Waals surface area contributed by atoms with E-state index in [1.165, 1.54) is 76.6 Å². The number of methoxy groups -OCH3 is 2. The maximum absolute atomic E-state index is 13.5. The third-order valence-electron chi connectivity index (χ3n) is 9.76. The number of carbonyl (C=O) groups is 6. The average molecular weight is 982 g/mol. The predicted molar refractivity (Wildman–Crippen MR) is 241 cm³/mol. The molecule has 0 saturated heterocycles. The van der Waals surface area contributed by atoms with Crippen molar-refractivity contribution in [3.8, 4) is 29.3 Å². The lowest BCUT2D eigenvalue weighted by molar-refractivity contribution is -0.115. The summed E-state index contributed by atoms with van der Waals surface area (Å²) in [5, 5.41) is 14.5. The first kappa shape index (κ1) is 50.8. The number of aromatic nitrogens is 2. The highest BCUT2D eigenvalue weighted by Gasteiger charge is 2.47. The van der Waals surface area contributed by atoms with E-state index in [0.29, 0.717) is 5.75 Å². The molecular formula is C43H44ClN7O14S2. The van der Waals surface area contributed by atoms with E-state index in [4.69, 9.17) is 30.5 Å². The lowest BCUT2D eigenvalue weighted by Crippen LogP contribution is -2.38. The molecule has 6 amide bonds. The van der Waals surface area contributed by atoms with Gasteiger partial charge in [0.1, 0.15) is 19.7 Å². The van der Waals surface area contributed by atoms with Gasteiger partial charge >= 0.3 is 0 Å². The van der Waals surface area contributed by atoms with Crippen molar-refractivity contribution in [2.45, 2.75) is 39.8 Å². The lowest BCUT2D eigenvalue weighted by Gasteiger charge is -2.26. The molecule has 2 atom stereocenters. The highest BCUT2D eigenvalue weighted by molar-refractivity contribution is 7.90. The number of halogens is 1. The van der Waals surface area contributed by atoms with Crippen LogP contribution in [-0.2, 0) is 29.3 Å². The Labute approximate surface area is 390 Å². The Kier molecular flexibility index (Phi) is 15.6. The minimum atomic E-state index is -3.72. The van der Waals surface area contributed by atoms with Crippen molar-refractivity contribution in [1.82, 2.24) is 19.8 Å². The van der Waals surface area contributed by atoms with Crippen LogP contribution in [-0.4, -0.2) is 123 Å². The number of nitrogens with one attached hydrogen (secondary N) is 2. The maximum atomic E-state index is 13.5. The molecule has 2 aromatic heterocycles. The Balaban J connectivity index is 0.000000251. The number of hydrogen-bond donors (Lipinski definition) is 2. The summed E-state index contributed by atoms with van der Waals surface area (Å²) in [4.78, 5) is 87.1. The van der Waals surface area contributed by atoms with E-state index in [9.17, 15) is 50.9 Å². The molecule has 2 aliphatic heterocycles. The van der Waals surface area contributed by atoms with E-state index in [1.807, 2.05) is 6.07 Å². The fraction of sp³-hybridized carbons (Fsp3) is 0.326. The van der Waals surface area contributed by atoms with Crippen molar-refractivity contribution in [1.29, 1.82) is 5.26 Å². The zero-order valence-electron chi connectivity index (χ0n) is 37.2. The van der Waals surface area contributed by atoms with Crippen molar-refractivity contribution in [2.75, 3.05) is 62.1 Å². The fourth-order valence-electron chi connectivity index (χ4n) is 7.17. The van der Waals surface area contributed by atoms with Crippen molar-refractivity contribution >= 4 is 78.1 Å².